The minimum absolute atomic E-state index is 0.0873. The van der Waals surface area contributed by atoms with Crippen LogP contribution in [-0.4, -0.2) is 17.2 Å². The van der Waals surface area contributed by atoms with Gasteiger partial charge < -0.3 is 5.32 Å². The Morgan fingerprint density at radius 1 is 1.17 bits per heavy atom. The Labute approximate surface area is 113 Å². The van der Waals surface area contributed by atoms with E-state index >= 15 is 0 Å². The first kappa shape index (κ1) is 12.1. The van der Waals surface area contributed by atoms with Crippen molar-refractivity contribution in [2.24, 2.45) is 0 Å². The summed E-state index contributed by atoms with van der Waals surface area (Å²) in [5.41, 5.74) is 1.33. The second kappa shape index (κ2) is 5.35. The van der Waals surface area contributed by atoms with E-state index in [0.717, 1.165) is 19.3 Å². The first-order valence-corrected chi connectivity index (χ1v) is 7.76. The van der Waals surface area contributed by atoms with Crippen molar-refractivity contribution in [1.29, 1.82) is 0 Å². The highest BCUT2D eigenvalue weighted by Crippen LogP contribution is 2.36. The van der Waals surface area contributed by atoms with E-state index in [-0.39, 0.29) is 11.2 Å². The normalized spacial score (nSPS) is 23.7. The van der Waals surface area contributed by atoms with Gasteiger partial charge in [-0.1, -0.05) is 37.5 Å². The number of nitrogens with one attached hydrogen (secondary N) is 1. The number of benzene rings is 1. The summed E-state index contributed by atoms with van der Waals surface area (Å²) >= 11 is 1.72. The predicted octanol–water partition coefficient (Wildman–Crippen LogP) is 3.15. The topological polar surface area (TPSA) is 29.1 Å². The van der Waals surface area contributed by atoms with Gasteiger partial charge in [0.2, 0.25) is 5.91 Å². The van der Waals surface area contributed by atoms with E-state index in [0.29, 0.717) is 6.04 Å². The summed E-state index contributed by atoms with van der Waals surface area (Å²) in [6.07, 6.45) is 7.08. The standard InChI is InChI=1S/C15H19NOS/c17-15(16-12-7-2-1-3-8-12)14-10-11-6-4-5-9-13(11)18-14/h4-6,9,12,14H,1-3,7-8,10H2,(H,16,17). The lowest BCUT2D eigenvalue weighted by atomic mass is 9.95. The fourth-order valence-corrected chi connectivity index (χ4v) is 4.07. The van der Waals surface area contributed by atoms with E-state index < -0.39 is 0 Å². The molecule has 0 aromatic heterocycles. The van der Waals surface area contributed by atoms with Crippen molar-refractivity contribution in [2.45, 2.75) is 54.7 Å². The average Bonchev–Trinajstić information content (AvgIpc) is 2.84. The minimum atomic E-state index is 0.0873. The van der Waals surface area contributed by atoms with Gasteiger partial charge >= 0.3 is 0 Å². The molecule has 1 fully saturated rings. The molecule has 0 spiro atoms. The Kier molecular flexibility index (Phi) is 3.59. The molecule has 2 nitrogen and oxygen atoms in total. The van der Waals surface area contributed by atoms with Gasteiger partial charge in [-0.2, -0.15) is 0 Å². The molecule has 3 rings (SSSR count). The van der Waals surface area contributed by atoms with Crippen LogP contribution in [-0.2, 0) is 11.2 Å². The fourth-order valence-electron chi connectivity index (χ4n) is 2.87. The van der Waals surface area contributed by atoms with Gasteiger partial charge in [0, 0.05) is 10.9 Å². The van der Waals surface area contributed by atoms with Crippen LogP contribution in [0.2, 0.25) is 0 Å². The summed E-state index contributed by atoms with van der Waals surface area (Å²) in [5, 5.41) is 3.32. The maximum absolute atomic E-state index is 12.3. The van der Waals surface area contributed by atoms with Crippen molar-refractivity contribution in [3.63, 3.8) is 0 Å². The molecule has 1 aliphatic carbocycles. The van der Waals surface area contributed by atoms with Crippen molar-refractivity contribution in [3.8, 4) is 0 Å². The molecule has 1 heterocycles. The monoisotopic (exact) mass is 261 g/mol. The number of rotatable bonds is 2. The third kappa shape index (κ3) is 2.56. The van der Waals surface area contributed by atoms with Gasteiger partial charge in [-0.25, -0.2) is 0 Å². The molecule has 1 aromatic carbocycles. The SMILES string of the molecule is O=C(NC1CCCCC1)C1Cc2ccccc2S1. The molecule has 1 N–H and O–H groups in total. The molecular formula is C15H19NOS. The van der Waals surface area contributed by atoms with Crippen LogP contribution < -0.4 is 5.32 Å². The number of carbonyl (C=O) groups excluding carboxylic acids is 1. The highest BCUT2D eigenvalue weighted by Gasteiger charge is 2.29. The average molecular weight is 261 g/mol. The molecule has 3 heteroatoms. The van der Waals surface area contributed by atoms with Gasteiger partial charge in [0.1, 0.15) is 0 Å². The van der Waals surface area contributed by atoms with Crippen molar-refractivity contribution in [2.75, 3.05) is 0 Å². The molecule has 1 aromatic rings. The van der Waals surface area contributed by atoms with Crippen molar-refractivity contribution >= 4 is 17.7 Å². The molecule has 1 aliphatic heterocycles. The van der Waals surface area contributed by atoms with E-state index in [1.807, 2.05) is 6.07 Å². The van der Waals surface area contributed by atoms with Crippen LogP contribution in [0.15, 0.2) is 29.2 Å². The van der Waals surface area contributed by atoms with E-state index in [1.165, 1.54) is 29.7 Å². The number of hydrogen-bond acceptors (Lipinski definition) is 2. The predicted molar refractivity (Wildman–Crippen MR) is 74.8 cm³/mol. The van der Waals surface area contributed by atoms with E-state index in [9.17, 15) is 4.79 Å². The Morgan fingerprint density at radius 2 is 1.94 bits per heavy atom. The summed E-state index contributed by atoms with van der Waals surface area (Å²) in [5.74, 6) is 0.239. The summed E-state index contributed by atoms with van der Waals surface area (Å²) < 4.78 is 0. The van der Waals surface area contributed by atoms with Crippen LogP contribution in [0.25, 0.3) is 0 Å². The lowest BCUT2D eigenvalue weighted by Gasteiger charge is -2.24. The number of amides is 1. The maximum Gasteiger partial charge on any atom is 0.234 e. The highest BCUT2D eigenvalue weighted by atomic mass is 32.2. The van der Waals surface area contributed by atoms with Crippen LogP contribution in [0.4, 0.5) is 0 Å². The van der Waals surface area contributed by atoms with Gasteiger partial charge in [0.15, 0.2) is 0 Å². The van der Waals surface area contributed by atoms with Crippen molar-refractivity contribution in [3.05, 3.63) is 29.8 Å². The van der Waals surface area contributed by atoms with Crippen LogP contribution >= 0.6 is 11.8 Å². The summed E-state index contributed by atoms with van der Waals surface area (Å²) in [4.78, 5) is 13.5. The Morgan fingerprint density at radius 3 is 2.72 bits per heavy atom. The minimum Gasteiger partial charge on any atom is -0.352 e. The second-order valence-electron chi connectivity index (χ2n) is 5.26. The van der Waals surface area contributed by atoms with E-state index in [4.69, 9.17) is 0 Å². The third-order valence-electron chi connectivity index (χ3n) is 3.89. The molecule has 2 aliphatic rings. The Bertz CT molecular complexity index is 415. The van der Waals surface area contributed by atoms with E-state index in [2.05, 4.69) is 23.5 Å². The molecule has 0 bridgehead atoms. The number of fused-ring (bicyclic) bond motifs is 1. The van der Waals surface area contributed by atoms with Crippen LogP contribution in [0, 0.1) is 0 Å². The van der Waals surface area contributed by atoms with Gasteiger partial charge in [-0.3, -0.25) is 4.79 Å². The number of carbonyl (C=O) groups is 1. The lowest BCUT2D eigenvalue weighted by molar-refractivity contribution is -0.121. The quantitative estimate of drug-likeness (QED) is 0.886. The molecule has 18 heavy (non-hydrogen) atoms. The number of thioether (sulfide) groups is 1. The molecular weight excluding hydrogens is 242 g/mol. The molecule has 1 amide bonds. The second-order valence-corrected chi connectivity index (χ2v) is 6.51. The van der Waals surface area contributed by atoms with Crippen molar-refractivity contribution in [1.82, 2.24) is 5.32 Å². The zero-order valence-corrected chi connectivity index (χ0v) is 11.3. The lowest BCUT2D eigenvalue weighted by Crippen LogP contribution is -2.41. The largest absolute Gasteiger partial charge is 0.352 e. The Balaban J connectivity index is 1.58. The van der Waals surface area contributed by atoms with Crippen LogP contribution in [0.1, 0.15) is 37.7 Å². The smallest absolute Gasteiger partial charge is 0.234 e. The first-order valence-electron chi connectivity index (χ1n) is 6.88. The molecule has 1 unspecified atom stereocenters. The highest BCUT2D eigenvalue weighted by molar-refractivity contribution is 8.01. The van der Waals surface area contributed by atoms with Crippen LogP contribution in [0.5, 0.6) is 0 Å². The maximum atomic E-state index is 12.3. The molecule has 1 atom stereocenters. The first-order chi connectivity index (χ1) is 8.83. The summed E-state index contributed by atoms with van der Waals surface area (Å²) in [6.45, 7) is 0. The van der Waals surface area contributed by atoms with Crippen molar-refractivity contribution < 1.29 is 4.79 Å². The molecule has 96 valence electrons. The Hall–Kier alpha value is -0.960. The van der Waals surface area contributed by atoms with Gasteiger partial charge in [-0.15, -0.1) is 11.8 Å². The van der Waals surface area contributed by atoms with Gasteiger partial charge in [-0.05, 0) is 30.9 Å². The fraction of sp³-hybridized carbons (Fsp3) is 0.533. The summed E-state index contributed by atoms with van der Waals surface area (Å²) in [6, 6.07) is 8.79. The van der Waals surface area contributed by atoms with E-state index in [1.54, 1.807) is 11.8 Å². The zero-order valence-electron chi connectivity index (χ0n) is 10.5. The summed E-state index contributed by atoms with van der Waals surface area (Å²) in [7, 11) is 0. The van der Waals surface area contributed by atoms with Gasteiger partial charge in [0.25, 0.3) is 0 Å². The number of hydrogen-bond donors (Lipinski definition) is 1. The zero-order chi connectivity index (χ0) is 12.4. The molecule has 0 saturated heterocycles. The molecule has 0 radical (unpaired) electrons. The van der Waals surface area contributed by atoms with Crippen LogP contribution in [0.3, 0.4) is 0 Å². The van der Waals surface area contributed by atoms with Gasteiger partial charge in [0.05, 0.1) is 5.25 Å². The molecule has 1 saturated carbocycles. The third-order valence-corrected chi connectivity index (χ3v) is 5.21.